The molecule has 1 fully saturated rings. The van der Waals surface area contributed by atoms with Crippen LogP contribution < -0.4 is 10.6 Å². The average Bonchev–Trinajstić information content (AvgIpc) is 2.64. The number of phenols is 1. The van der Waals surface area contributed by atoms with Gasteiger partial charge in [0.2, 0.25) is 5.91 Å². The first-order valence-corrected chi connectivity index (χ1v) is 5.42. The summed E-state index contributed by atoms with van der Waals surface area (Å²) in [5.41, 5.74) is 6.94. The monoisotopic (exact) mass is 220 g/mol. The molecular weight excluding hydrogens is 204 g/mol. The summed E-state index contributed by atoms with van der Waals surface area (Å²) < 4.78 is 0. The zero-order chi connectivity index (χ0) is 11.7. The zero-order valence-electron chi connectivity index (χ0n) is 9.31. The maximum absolute atomic E-state index is 11.8. The van der Waals surface area contributed by atoms with Crippen molar-refractivity contribution in [2.45, 2.75) is 13.3 Å². The van der Waals surface area contributed by atoms with E-state index in [1.165, 1.54) is 0 Å². The number of para-hydroxylation sites is 1. The van der Waals surface area contributed by atoms with E-state index in [1.807, 2.05) is 19.1 Å². The number of nitrogens with two attached hydrogens (primary N) is 1. The molecule has 86 valence electrons. The summed E-state index contributed by atoms with van der Waals surface area (Å²) in [6, 6.07) is 5.42. The lowest BCUT2D eigenvalue weighted by atomic mass is 10.1. The summed E-state index contributed by atoms with van der Waals surface area (Å²) in [4.78, 5) is 13.4. The molecule has 0 aliphatic carbocycles. The number of amides is 1. The van der Waals surface area contributed by atoms with Crippen LogP contribution in [0, 0.1) is 12.8 Å². The average molecular weight is 220 g/mol. The Labute approximate surface area is 94.7 Å². The second-order valence-corrected chi connectivity index (χ2v) is 4.25. The molecule has 4 nitrogen and oxygen atoms in total. The Kier molecular flexibility index (Phi) is 2.83. The summed E-state index contributed by atoms with van der Waals surface area (Å²) >= 11 is 0. The number of carbonyl (C=O) groups excluding carboxylic acids is 1. The summed E-state index contributed by atoms with van der Waals surface area (Å²) in [7, 11) is 0. The summed E-state index contributed by atoms with van der Waals surface area (Å²) in [6.45, 7) is 2.93. The topological polar surface area (TPSA) is 66.6 Å². The van der Waals surface area contributed by atoms with Gasteiger partial charge >= 0.3 is 0 Å². The van der Waals surface area contributed by atoms with Gasteiger partial charge in [0.15, 0.2) is 0 Å². The normalized spacial score (nSPS) is 20.5. The van der Waals surface area contributed by atoms with Gasteiger partial charge in [-0.2, -0.15) is 0 Å². The van der Waals surface area contributed by atoms with Crippen molar-refractivity contribution in [2.24, 2.45) is 11.7 Å². The van der Waals surface area contributed by atoms with Crippen molar-refractivity contribution in [3.8, 4) is 5.75 Å². The Morgan fingerprint density at radius 1 is 1.56 bits per heavy atom. The third kappa shape index (κ3) is 1.76. The van der Waals surface area contributed by atoms with E-state index in [-0.39, 0.29) is 17.6 Å². The van der Waals surface area contributed by atoms with Crippen molar-refractivity contribution in [3.05, 3.63) is 23.8 Å². The fourth-order valence-electron chi connectivity index (χ4n) is 2.03. The van der Waals surface area contributed by atoms with Gasteiger partial charge in [-0.05, 0) is 31.0 Å². The van der Waals surface area contributed by atoms with Crippen molar-refractivity contribution in [2.75, 3.05) is 18.0 Å². The van der Waals surface area contributed by atoms with Crippen molar-refractivity contribution >= 4 is 11.6 Å². The SMILES string of the molecule is Cc1cccc(N2CC(CN)CC2=O)c1O. The molecule has 3 N–H and O–H groups in total. The van der Waals surface area contributed by atoms with Crippen LogP contribution in [0.3, 0.4) is 0 Å². The summed E-state index contributed by atoms with van der Waals surface area (Å²) in [6.07, 6.45) is 0.476. The molecule has 1 aromatic rings. The van der Waals surface area contributed by atoms with Crippen molar-refractivity contribution in [3.63, 3.8) is 0 Å². The molecule has 2 rings (SSSR count). The minimum Gasteiger partial charge on any atom is -0.505 e. The molecule has 1 unspecified atom stereocenters. The van der Waals surface area contributed by atoms with Crippen LogP contribution in [-0.2, 0) is 4.79 Å². The van der Waals surface area contributed by atoms with E-state index in [4.69, 9.17) is 5.73 Å². The third-order valence-corrected chi connectivity index (χ3v) is 3.05. The van der Waals surface area contributed by atoms with E-state index in [0.717, 1.165) is 5.56 Å². The van der Waals surface area contributed by atoms with E-state index >= 15 is 0 Å². The highest BCUT2D eigenvalue weighted by atomic mass is 16.3. The number of carbonyl (C=O) groups is 1. The third-order valence-electron chi connectivity index (χ3n) is 3.05. The van der Waals surface area contributed by atoms with Gasteiger partial charge in [0, 0.05) is 13.0 Å². The van der Waals surface area contributed by atoms with Gasteiger partial charge in [0.1, 0.15) is 5.75 Å². The fraction of sp³-hybridized carbons (Fsp3) is 0.417. The smallest absolute Gasteiger partial charge is 0.227 e. The number of hydrogen-bond acceptors (Lipinski definition) is 3. The standard InChI is InChI=1S/C12H16N2O2/c1-8-3-2-4-10(12(8)16)14-7-9(6-13)5-11(14)15/h2-4,9,16H,5-7,13H2,1H3. The molecule has 4 heteroatoms. The van der Waals surface area contributed by atoms with Crippen molar-refractivity contribution < 1.29 is 9.90 Å². The molecule has 16 heavy (non-hydrogen) atoms. The fourth-order valence-corrected chi connectivity index (χ4v) is 2.03. The van der Waals surface area contributed by atoms with Gasteiger partial charge in [0.05, 0.1) is 5.69 Å². The molecule has 1 amide bonds. The summed E-state index contributed by atoms with van der Waals surface area (Å²) in [5, 5.41) is 9.91. The van der Waals surface area contributed by atoms with Gasteiger partial charge in [0.25, 0.3) is 0 Å². The van der Waals surface area contributed by atoms with Crippen LogP contribution in [0.4, 0.5) is 5.69 Å². The van der Waals surface area contributed by atoms with Crippen molar-refractivity contribution in [1.82, 2.24) is 0 Å². The molecule has 1 aromatic carbocycles. The lowest BCUT2D eigenvalue weighted by Crippen LogP contribution is -2.25. The highest BCUT2D eigenvalue weighted by molar-refractivity contribution is 5.97. The van der Waals surface area contributed by atoms with E-state index in [2.05, 4.69) is 0 Å². The van der Waals surface area contributed by atoms with Gasteiger partial charge in [-0.1, -0.05) is 12.1 Å². The van der Waals surface area contributed by atoms with Crippen LogP contribution in [0.5, 0.6) is 5.75 Å². The molecule has 0 spiro atoms. The van der Waals surface area contributed by atoms with Crippen molar-refractivity contribution in [1.29, 1.82) is 0 Å². The minimum absolute atomic E-state index is 0.0383. The predicted molar refractivity (Wildman–Crippen MR) is 62.4 cm³/mol. The van der Waals surface area contributed by atoms with Crippen LogP contribution in [0.2, 0.25) is 0 Å². The molecule has 1 saturated heterocycles. The quantitative estimate of drug-likeness (QED) is 0.781. The van der Waals surface area contributed by atoms with Gasteiger partial charge in [-0.15, -0.1) is 0 Å². The molecular formula is C12H16N2O2. The Balaban J connectivity index is 2.31. The Morgan fingerprint density at radius 2 is 2.31 bits per heavy atom. The molecule has 1 aliphatic rings. The first-order chi connectivity index (χ1) is 7.63. The number of aromatic hydroxyl groups is 1. The van der Waals surface area contributed by atoms with Crippen LogP contribution >= 0.6 is 0 Å². The number of nitrogens with zero attached hydrogens (tertiary/aromatic N) is 1. The maximum atomic E-state index is 11.8. The van der Waals surface area contributed by atoms with Crippen LogP contribution in [0.1, 0.15) is 12.0 Å². The van der Waals surface area contributed by atoms with Crippen LogP contribution in [0.25, 0.3) is 0 Å². The molecule has 0 radical (unpaired) electrons. The number of phenolic OH excluding ortho intramolecular Hbond substituents is 1. The predicted octanol–water partition coefficient (Wildman–Crippen LogP) is 1.01. The van der Waals surface area contributed by atoms with Crippen LogP contribution in [0.15, 0.2) is 18.2 Å². The maximum Gasteiger partial charge on any atom is 0.227 e. The minimum atomic E-state index is 0.0383. The van der Waals surface area contributed by atoms with E-state index < -0.39 is 0 Å². The summed E-state index contributed by atoms with van der Waals surface area (Å²) in [5.74, 6) is 0.428. The van der Waals surface area contributed by atoms with Gasteiger partial charge in [-0.25, -0.2) is 0 Å². The molecule has 1 heterocycles. The molecule has 1 atom stereocenters. The largest absolute Gasteiger partial charge is 0.505 e. The lowest BCUT2D eigenvalue weighted by molar-refractivity contribution is -0.117. The highest BCUT2D eigenvalue weighted by Crippen LogP contribution is 2.34. The first-order valence-electron chi connectivity index (χ1n) is 5.42. The van der Waals surface area contributed by atoms with Crippen LogP contribution in [-0.4, -0.2) is 24.1 Å². The number of anilines is 1. The first kappa shape index (κ1) is 11.0. The number of benzene rings is 1. The van der Waals surface area contributed by atoms with Gasteiger partial charge in [-0.3, -0.25) is 4.79 Å². The lowest BCUT2D eigenvalue weighted by Gasteiger charge is -2.18. The molecule has 0 saturated carbocycles. The Morgan fingerprint density at radius 3 is 2.94 bits per heavy atom. The second-order valence-electron chi connectivity index (χ2n) is 4.25. The molecule has 0 aromatic heterocycles. The number of rotatable bonds is 2. The van der Waals surface area contributed by atoms with E-state index in [1.54, 1.807) is 11.0 Å². The highest BCUT2D eigenvalue weighted by Gasteiger charge is 2.31. The molecule has 0 bridgehead atoms. The Hall–Kier alpha value is -1.55. The number of aryl methyl sites for hydroxylation is 1. The van der Waals surface area contributed by atoms with E-state index in [9.17, 15) is 9.90 Å². The Bertz CT molecular complexity index is 417. The molecule has 1 aliphatic heterocycles. The van der Waals surface area contributed by atoms with E-state index in [0.29, 0.717) is 25.2 Å². The zero-order valence-corrected chi connectivity index (χ0v) is 9.31. The number of hydrogen-bond donors (Lipinski definition) is 2. The van der Waals surface area contributed by atoms with Gasteiger partial charge < -0.3 is 15.7 Å². The second kappa shape index (κ2) is 4.14.